The normalized spacial score (nSPS) is 15.9. The lowest BCUT2D eigenvalue weighted by Crippen LogP contribution is -2.25. The van der Waals surface area contributed by atoms with Crippen LogP contribution in [-0.4, -0.2) is 28.8 Å². The molecule has 1 amide bonds. The van der Waals surface area contributed by atoms with Crippen LogP contribution in [0.5, 0.6) is 11.5 Å². The summed E-state index contributed by atoms with van der Waals surface area (Å²) >= 11 is 6.13. The highest BCUT2D eigenvalue weighted by Gasteiger charge is 2.33. The van der Waals surface area contributed by atoms with E-state index in [9.17, 15) is 9.90 Å². The van der Waals surface area contributed by atoms with Gasteiger partial charge in [-0.25, -0.2) is 5.01 Å². The van der Waals surface area contributed by atoms with Gasteiger partial charge in [0, 0.05) is 23.1 Å². The maximum atomic E-state index is 13.1. The molecule has 6 heteroatoms. The zero-order chi connectivity index (χ0) is 21.8. The Kier molecular flexibility index (Phi) is 6.05. The Bertz CT molecular complexity index is 1140. The van der Waals surface area contributed by atoms with Crippen molar-refractivity contribution in [1.29, 1.82) is 0 Å². The number of hydrogen-bond donors (Lipinski definition) is 1. The highest BCUT2D eigenvalue weighted by atomic mass is 35.5. The first-order valence-corrected chi connectivity index (χ1v) is 10.2. The molecule has 0 unspecified atom stereocenters. The number of aromatic hydroxyl groups is 1. The van der Waals surface area contributed by atoms with Gasteiger partial charge in [-0.2, -0.15) is 5.10 Å². The molecule has 1 aliphatic heterocycles. The van der Waals surface area contributed by atoms with E-state index in [-0.39, 0.29) is 17.7 Å². The van der Waals surface area contributed by atoms with Crippen LogP contribution in [0.25, 0.3) is 6.08 Å². The highest BCUT2D eigenvalue weighted by Crippen LogP contribution is 2.36. The molecule has 0 fully saturated rings. The molecule has 1 aliphatic rings. The van der Waals surface area contributed by atoms with Crippen LogP contribution >= 0.6 is 11.6 Å². The van der Waals surface area contributed by atoms with E-state index in [4.69, 9.17) is 16.3 Å². The van der Waals surface area contributed by atoms with Crippen LogP contribution in [0.2, 0.25) is 5.02 Å². The van der Waals surface area contributed by atoms with Gasteiger partial charge in [0.2, 0.25) is 0 Å². The minimum absolute atomic E-state index is 0.0748. The summed E-state index contributed by atoms with van der Waals surface area (Å²) in [4.78, 5) is 13.1. The Morgan fingerprint density at radius 1 is 1.13 bits per heavy atom. The fourth-order valence-electron chi connectivity index (χ4n) is 3.51. The number of nitrogens with zero attached hydrogens (tertiary/aromatic N) is 2. The van der Waals surface area contributed by atoms with Gasteiger partial charge in [0.25, 0.3) is 5.91 Å². The Balaban J connectivity index is 1.68. The maximum Gasteiger partial charge on any atom is 0.267 e. The van der Waals surface area contributed by atoms with E-state index in [1.807, 2.05) is 54.6 Å². The molecule has 0 bridgehead atoms. The van der Waals surface area contributed by atoms with Crippen LogP contribution in [0.4, 0.5) is 0 Å². The summed E-state index contributed by atoms with van der Waals surface area (Å²) in [6.45, 7) is 0. The average molecular weight is 433 g/mol. The summed E-state index contributed by atoms with van der Waals surface area (Å²) in [7, 11) is 1.61. The lowest BCUT2D eigenvalue weighted by molar-refractivity contribution is -0.127. The van der Waals surface area contributed by atoms with E-state index < -0.39 is 0 Å². The molecule has 1 heterocycles. The summed E-state index contributed by atoms with van der Waals surface area (Å²) in [5.74, 6) is 0.559. The van der Waals surface area contributed by atoms with Crippen molar-refractivity contribution in [3.05, 3.63) is 101 Å². The van der Waals surface area contributed by atoms with E-state index in [1.165, 1.54) is 17.2 Å². The fraction of sp³-hybridized carbons (Fsp3) is 0.120. The molecule has 0 radical (unpaired) electrons. The van der Waals surface area contributed by atoms with Gasteiger partial charge in [-0.1, -0.05) is 54.1 Å². The quantitative estimate of drug-likeness (QED) is 0.545. The van der Waals surface area contributed by atoms with Gasteiger partial charge in [0.05, 0.1) is 18.9 Å². The molecule has 3 aromatic rings. The third-order valence-electron chi connectivity index (χ3n) is 5.12. The van der Waals surface area contributed by atoms with Crippen molar-refractivity contribution in [3.63, 3.8) is 0 Å². The molecule has 0 aliphatic carbocycles. The first-order valence-electron chi connectivity index (χ1n) is 9.82. The van der Waals surface area contributed by atoms with Crippen LogP contribution in [0, 0.1) is 0 Å². The Morgan fingerprint density at radius 3 is 2.58 bits per heavy atom. The average Bonchev–Trinajstić information content (AvgIpc) is 3.25. The summed E-state index contributed by atoms with van der Waals surface area (Å²) < 4.78 is 5.24. The largest absolute Gasteiger partial charge is 0.507 e. The number of hydrazone groups is 1. The van der Waals surface area contributed by atoms with Crippen molar-refractivity contribution in [2.24, 2.45) is 5.10 Å². The molecule has 1 atom stereocenters. The van der Waals surface area contributed by atoms with Crippen molar-refractivity contribution in [3.8, 4) is 11.5 Å². The van der Waals surface area contributed by atoms with E-state index in [1.54, 1.807) is 25.3 Å². The molecule has 0 saturated carbocycles. The maximum absolute atomic E-state index is 13.1. The number of carbonyl (C=O) groups is 1. The molecule has 4 rings (SSSR count). The number of halogens is 1. The number of ether oxygens (including phenoxy) is 1. The third kappa shape index (κ3) is 4.62. The number of methoxy groups -OCH3 is 1. The number of phenols is 1. The van der Waals surface area contributed by atoms with E-state index in [0.29, 0.717) is 22.7 Å². The van der Waals surface area contributed by atoms with Gasteiger partial charge in [-0.15, -0.1) is 0 Å². The molecule has 31 heavy (non-hydrogen) atoms. The van der Waals surface area contributed by atoms with Gasteiger partial charge in [0.1, 0.15) is 11.5 Å². The number of rotatable bonds is 5. The molecular weight excluding hydrogens is 412 g/mol. The number of carbonyl (C=O) groups excluding carboxylic acids is 1. The van der Waals surface area contributed by atoms with Gasteiger partial charge in [0.15, 0.2) is 0 Å². The Morgan fingerprint density at radius 2 is 1.87 bits per heavy atom. The number of benzene rings is 3. The second-order valence-corrected chi connectivity index (χ2v) is 7.56. The van der Waals surface area contributed by atoms with E-state index in [2.05, 4.69) is 5.10 Å². The summed E-state index contributed by atoms with van der Waals surface area (Å²) in [6, 6.07) is 21.6. The smallest absolute Gasteiger partial charge is 0.267 e. The van der Waals surface area contributed by atoms with Crippen molar-refractivity contribution in [2.75, 3.05) is 7.11 Å². The first-order chi connectivity index (χ1) is 15.0. The molecule has 1 N–H and O–H groups in total. The topological polar surface area (TPSA) is 62.1 Å². The molecular formula is C25H21ClN2O3. The summed E-state index contributed by atoms with van der Waals surface area (Å²) in [5, 5.41) is 16.8. The lowest BCUT2D eigenvalue weighted by atomic mass is 9.98. The van der Waals surface area contributed by atoms with Crippen molar-refractivity contribution in [1.82, 2.24) is 5.01 Å². The van der Waals surface area contributed by atoms with Gasteiger partial charge >= 0.3 is 0 Å². The minimum atomic E-state index is -0.313. The number of amides is 1. The predicted molar refractivity (Wildman–Crippen MR) is 122 cm³/mol. The SMILES string of the molecule is COc1ccc([C@@H]2CC(c3cc(Cl)ccc3O)=NN2C(=O)/C=C/c2ccccc2)cc1. The molecule has 156 valence electrons. The number of phenolic OH excluding ortho intramolecular Hbond substituents is 1. The van der Waals surface area contributed by atoms with Crippen LogP contribution in [0.15, 0.2) is 84.0 Å². The zero-order valence-corrected chi connectivity index (χ0v) is 17.7. The molecule has 3 aromatic carbocycles. The standard InChI is InChI=1S/C25H21ClN2O3/c1-31-20-11-8-18(9-12-20)23-16-22(21-15-19(26)10-13-24(21)29)27-28(23)25(30)14-7-17-5-3-2-4-6-17/h2-15,23,29H,16H2,1H3/b14-7+/t23-/m0/s1. The van der Waals surface area contributed by atoms with E-state index >= 15 is 0 Å². The van der Waals surface area contributed by atoms with Crippen molar-refractivity contribution >= 4 is 29.3 Å². The van der Waals surface area contributed by atoms with Gasteiger partial charge in [-0.05, 0) is 47.5 Å². The van der Waals surface area contributed by atoms with Gasteiger partial charge in [-0.3, -0.25) is 4.79 Å². The minimum Gasteiger partial charge on any atom is -0.507 e. The predicted octanol–water partition coefficient (Wildman–Crippen LogP) is 5.45. The van der Waals surface area contributed by atoms with Crippen LogP contribution in [-0.2, 0) is 4.79 Å². The molecule has 0 aromatic heterocycles. The molecule has 0 spiro atoms. The van der Waals surface area contributed by atoms with Crippen LogP contribution in [0.1, 0.15) is 29.2 Å². The van der Waals surface area contributed by atoms with Crippen molar-refractivity contribution in [2.45, 2.75) is 12.5 Å². The Labute approximate surface area is 185 Å². The summed E-state index contributed by atoms with van der Waals surface area (Å²) in [6.07, 6.45) is 3.72. The summed E-state index contributed by atoms with van der Waals surface area (Å²) in [5.41, 5.74) is 2.96. The first kappa shape index (κ1) is 20.7. The fourth-order valence-corrected chi connectivity index (χ4v) is 3.68. The lowest BCUT2D eigenvalue weighted by Gasteiger charge is -2.21. The highest BCUT2D eigenvalue weighted by molar-refractivity contribution is 6.31. The van der Waals surface area contributed by atoms with Gasteiger partial charge < -0.3 is 9.84 Å². The zero-order valence-electron chi connectivity index (χ0n) is 16.9. The second-order valence-electron chi connectivity index (χ2n) is 7.13. The molecule has 0 saturated heterocycles. The third-order valence-corrected chi connectivity index (χ3v) is 5.36. The van der Waals surface area contributed by atoms with Crippen LogP contribution in [0.3, 0.4) is 0 Å². The second kappa shape index (κ2) is 9.06. The Hall–Kier alpha value is -3.57. The van der Waals surface area contributed by atoms with Crippen LogP contribution < -0.4 is 4.74 Å². The molecule has 5 nitrogen and oxygen atoms in total. The van der Waals surface area contributed by atoms with E-state index in [0.717, 1.165) is 16.9 Å². The monoisotopic (exact) mass is 432 g/mol. The number of hydrogen-bond acceptors (Lipinski definition) is 4. The van der Waals surface area contributed by atoms with Crippen molar-refractivity contribution < 1.29 is 14.6 Å².